The van der Waals surface area contributed by atoms with Gasteiger partial charge in [0.2, 0.25) is 0 Å². The normalized spacial score (nSPS) is 10.2. The standard InChI is InChI=1S/C13H20N2O2/c14-13(15)3-1-2-10-17-12-6-4-11(5-7-12)8-9-16/h4-7,16H,1-3,8-10H2,(H3,14,15). The van der Waals surface area contributed by atoms with Crippen molar-refractivity contribution >= 4 is 5.84 Å². The minimum Gasteiger partial charge on any atom is -0.494 e. The SMILES string of the molecule is N=C(N)CCCCOc1ccc(CCO)cc1. The Morgan fingerprint density at radius 1 is 1.24 bits per heavy atom. The third kappa shape index (κ3) is 5.92. The highest BCUT2D eigenvalue weighted by molar-refractivity contribution is 5.76. The van der Waals surface area contributed by atoms with Crippen molar-refractivity contribution in [2.45, 2.75) is 25.7 Å². The third-order valence-electron chi connectivity index (χ3n) is 2.43. The van der Waals surface area contributed by atoms with Crippen LogP contribution in [0.2, 0.25) is 0 Å². The Labute approximate surface area is 102 Å². The molecule has 94 valence electrons. The maximum Gasteiger partial charge on any atom is 0.119 e. The summed E-state index contributed by atoms with van der Waals surface area (Å²) in [7, 11) is 0. The van der Waals surface area contributed by atoms with Gasteiger partial charge in [-0.1, -0.05) is 12.1 Å². The first-order valence-corrected chi connectivity index (χ1v) is 5.88. The lowest BCUT2D eigenvalue weighted by molar-refractivity contribution is 0.298. The number of nitrogens with one attached hydrogen (secondary N) is 1. The van der Waals surface area contributed by atoms with Gasteiger partial charge >= 0.3 is 0 Å². The van der Waals surface area contributed by atoms with Gasteiger partial charge in [-0.2, -0.15) is 0 Å². The summed E-state index contributed by atoms with van der Waals surface area (Å²) in [5.74, 6) is 1.08. The highest BCUT2D eigenvalue weighted by Gasteiger charge is 1.96. The average Bonchev–Trinajstić information content (AvgIpc) is 2.31. The second-order valence-corrected chi connectivity index (χ2v) is 3.95. The molecular formula is C13H20N2O2. The molecule has 0 radical (unpaired) electrons. The molecule has 0 amide bonds. The average molecular weight is 236 g/mol. The van der Waals surface area contributed by atoms with Crippen LogP contribution in [0.5, 0.6) is 5.75 Å². The highest BCUT2D eigenvalue weighted by Crippen LogP contribution is 2.13. The molecular weight excluding hydrogens is 216 g/mol. The summed E-state index contributed by atoms with van der Waals surface area (Å²) in [5.41, 5.74) is 6.36. The maximum atomic E-state index is 8.78. The van der Waals surface area contributed by atoms with Gasteiger partial charge in [-0.05, 0) is 37.0 Å². The van der Waals surface area contributed by atoms with Crippen LogP contribution in [0.15, 0.2) is 24.3 Å². The number of benzene rings is 1. The largest absolute Gasteiger partial charge is 0.494 e. The van der Waals surface area contributed by atoms with Crippen molar-refractivity contribution < 1.29 is 9.84 Å². The van der Waals surface area contributed by atoms with E-state index in [-0.39, 0.29) is 12.4 Å². The van der Waals surface area contributed by atoms with E-state index in [4.69, 9.17) is 21.0 Å². The van der Waals surface area contributed by atoms with Crippen molar-refractivity contribution in [3.8, 4) is 5.75 Å². The van der Waals surface area contributed by atoms with E-state index in [2.05, 4.69) is 0 Å². The smallest absolute Gasteiger partial charge is 0.119 e. The van der Waals surface area contributed by atoms with Gasteiger partial charge in [0.25, 0.3) is 0 Å². The molecule has 4 heteroatoms. The van der Waals surface area contributed by atoms with Gasteiger partial charge in [0, 0.05) is 13.0 Å². The molecule has 0 spiro atoms. The fraction of sp³-hybridized carbons (Fsp3) is 0.462. The molecule has 1 rings (SSSR count). The van der Waals surface area contributed by atoms with Gasteiger partial charge in [0.05, 0.1) is 12.4 Å². The number of nitrogens with two attached hydrogens (primary N) is 1. The van der Waals surface area contributed by atoms with E-state index in [1.807, 2.05) is 24.3 Å². The van der Waals surface area contributed by atoms with Crippen LogP contribution in [-0.2, 0) is 6.42 Å². The highest BCUT2D eigenvalue weighted by atomic mass is 16.5. The first-order valence-electron chi connectivity index (χ1n) is 5.88. The van der Waals surface area contributed by atoms with Crippen LogP contribution in [0.25, 0.3) is 0 Å². The number of amidine groups is 1. The molecule has 0 fully saturated rings. The number of ether oxygens (including phenoxy) is 1. The van der Waals surface area contributed by atoms with Gasteiger partial charge in [-0.15, -0.1) is 0 Å². The molecule has 17 heavy (non-hydrogen) atoms. The van der Waals surface area contributed by atoms with Gasteiger partial charge < -0.3 is 15.6 Å². The first kappa shape index (κ1) is 13.5. The van der Waals surface area contributed by atoms with E-state index < -0.39 is 0 Å². The van der Waals surface area contributed by atoms with Crippen molar-refractivity contribution in [2.24, 2.45) is 5.73 Å². The lowest BCUT2D eigenvalue weighted by atomic mass is 10.1. The summed E-state index contributed by atoms with van der Waals surface area (Å²) in [5, 5.41) is 15.8. The first-order chi connectivity index (χ1) is 8.22. The molecule has 0 aliphatic heterocycles. The van der Waals surface area contributed by atoms with Crippen LogP contribution < -0.4 is 10.5 Å². The summed E-state index contributed by atoms with van der Waals surface area (Å²) < 4.78 is 5.55. The van der Waals surface area contributed by atoms with Crippen LogP contribution >= 0.6 is 0 Å². The van der Waals surface area contributed by atoms with Crippen LogP contribution in [0.4, 0.5) is 0 Å². The topological polar surface area (TPSA) is 79.3 Å². The quantitative estimate of drug-likeness (QED) is 0.365. The fourth-order valence-electron chi connectivity index (χ4n) is 1.49. The van der Waals surface area contributed by atoms with Crippen molar-refractivity contribution in [2.75, 3.05) is 13.2 Å². The Hall–Kier alpha value is -1.55. The molecule has 0 unspecified atom stereocenters. The number of rotatable bonds is 8. The molecule has 1 aromatic rings. The number of hydrogen-bond acceptors (Lipinski definition) is 3. The number of aliphatic hydroxyl groups excluding tert-OH is 1. The summed E-state index contributed by atoms with van der Waals surface area (Å²) in [4.78, 5) is 0. The van der Waals surface area contributed by atoms with Crippen molar-refractivity contribution in [3.63, 3.8) is 0 Å². The van der Waals surface area contributed by atoms with Crippen LogP contribution in [0.1, 0.15) is 24.8 Å². The van der Waals surface area contributed by atoms with E-state index in [0.29, 0.717) is 19.4 Å². The summed E-state index contributed by atoms with van der Waals surface area (Å²) in [6, 6.07) is 7.74. The van der Waals surface area contributed by atoms with Crippen molar-refractivity contribution in [1.82, 2.24) is 0 Å². The molecule has 0 aliphatic carbocycles. The monoisotopic (exact) mass is 236 g/mol. The third-order valence-corrected chi connectivity index (χ3v) is 2.43. The Kier molecular flexibility index (Phi) is 6.10. The second-order valence-electron chi connectivity index (χ2n) is 3.95. The summed E-state index contributed by atoms with van der Waals surface area (Å²) in [6.45, 7) is 0.817. The number of aliphatic hydroxyl groups is 1. The Morgan fingerprint density at radius 2 is 1.94 bits per heavy atom. The maximum absolute atomic E-state index is 8.78. The zero-order valence-electron chi connectivity index (χ0n) is 9.98. The molecule has 0 aromatic heterocycles. The van der Waals surface area contributed by atoms with E-state index in [1.54, 1.807) is 0 Å². The molecule has 0 bridgehead atoms. The van der Waals surface area contributed by atoms with Crippen molar-refractivity contribution in [1.29, 1.82) is 5.41 Å². The molecule has 1 aromatic carbocycles. The van der Waals surface area contributed by atoms with E-state index in [1.165, 1.54) is 0 Å². The van der Waals surface area contributed by atoms with Gasteiger partial charge in [-0.25, -0.2) is 0 Å². The second kappa shape index (κ2) is 7.68. The molecule has 0 saturated heterocycles. The predicted octanol–water partition coefficient (Wildman–Crippen LogP) is 1.71. The van der Waals surface area contributed by atoms with Crippen molar-refractivity contribution in [3.05, 3.63) is 29.8 Å². The van der Waals surface area contributed by atoms with Crippen LogP contribution in [0.3, 0.4) is 0 Å². The van der Waals surface area contributed by atoms with E-state index >= 15 is 0 Å². The predicted molar refractivity (Wildman–Crippen MR) is 68.5 cm³/mol. The molecule has 0 atom stereocenters. The zero-order chi connectivity index (χ0) is 12.5. The fourth-order valence-corrected chi connectivity index (χ4v) is 1.49. The van der Waals surface area contributed by atoms with Gasteiger partial charge in [-0.3, -0.25) is 5.41 Å². The lowest BCUT2D eigenvalue weighted by Crippen LogP contribution is -2.09. The zero-order valence-corrected chi connectivity index (χ0v) is 9.98. The van der Waals surface area contributed by atoms with Crippen LogP contribution in [0, 0.1) is 5.41 Å². The molecule has 0 aliphatic rings. The molecule has 0 heterocycles. The minimum absolute atomic E-state index is 0.172. The molecule has 4 nitrogen and oxygen atoms in total. The minimum atomic E-state index is 0.172. The molecule has 0 saturated carbocycles. The van der Waals surface area contributed by atoms with Crippen LogP contribution in [-0.4, -0.2) is 24.2 Å². The van der Waals surface area contributed by atoms with E-state index in [0.717, 1.165) is 24.2 Å². The Bertz CT molecular complexity index is 336. The van der Waals surface area contributed by atoms with Gasteiger partial charge in [0.15, 0.2) is 0 Å². The number of unbranched alkanes of at least 4 members (excludes halogenated alkanes) is 1. The molecule has 4 N–H and O–H groups in total. The van der Waals surface area contributed by atoms with E-state index in [9.17, 15) is 0 Å². The Balaban J connectivity index is 2.20. The Morgan fingerprint density at radius 3 is 2.53 bits per heavy atom. The summed E-state index contributed by atoms with van der Waals surface area (Å²) in [6.07, 6.45) is 3.10. The summed E-state index contributed by atoms with van der Waals surface area (Å²) >= 11 is 0. The van der Waals surface area contributed by atoms with Gasteiger partial charge in [0.1, 0.15) is 5.75 Å². The lowest BCUT2D eigenvalue weighted by Gasteiger charge is -2.06. The number of hydrogen-bond donors (Lipinski definition) is 3.